The minimum atomic E-state index is 0.00292. The lowest BCUT2D eigenvalue weighted by Gasteiger charge is -2.44. The highest BCUT2D eigenvalue weighted by atomic mass is 16.2. The zero-order chi connectivity index (χ0) is 23.2. The topological polar surface area (TPSA) is 43.9 Å². The van der Waals surface area contributed by atoms with Crippen molar-refractivity contribution in [3.63, 3.8) is 0 Å². The SMILES string of the molecule is CCCCc1ccc(C(=O)N2CCN([C@H](C(=O)N3CCCC[C@H]3C)C3CCCC3)CC2)cc1. The molecule has 0 radical (unpaired) electrons. The highest BCUT2D eigenvalue weighted by Gasteiger charge is 2.40. The second-order valence-corrected chi connectivity index (χ2v) is 10.5. The fourth-order valence-corrected chi connectivity index (χ4v) is 6.11. The average Bonchev–Trinajstić information content (AvgIpc) is 3.38. The average molecular weight is 454 g/mol. The van der Waals surface area contributed by atoms with E-state index in [-0.39, 0.29) is 11.9 Å². The third-order valence-electron chi connectivity index (χ3n) is 8.20. The van der Waals surface area contributed by atoms with Gasteiger partial charge >= 0.3 is 0 Å². The third kappa shape index (κ3) is 5.79. The van der Waals surface area contributed by atoms with Crippen molar-refractivity contribution in [2.75, 3.05) is 32.7 Å². The van der Waals surface area contributed by atoms with Crippen LogP contribution in [-0.2, 0) is 11.2 Å². The number of aryl methyl sites for hydroxylation is 1. The molecule has 1 aromatic carbocycles. The third-order valence-corrected chi connectivity index (χ3v) is 8.20. The van der Waals surface area contributed by atoms with Gasteiger partial charge in [0.1, 0.15) is 0 Å². The molecule has 3 aliphatic rings. The predicted molar refractivity (Wildman–Crippen MR) is 133 cm³/mol. The first-order valence-electron chi connectivity index (χ1n) is 13.5. The number of piperidine rings is 1. The number of rotatable bonds is 7. The maximum Gasteiger partial charge on any atom is 0.253 e. The summed E-state index contributed by atoms with van der Waals surface area (Å²) in [6.07, 6.45) is 11.8. The van der Waals surface area contributed by atoms with Gasteiger partial charge in [-0.1, -0.05) is 38.3 Å². The first-order valence-corrected chi connectivity index (χ1v) is 13.5. The fraction of sp³-hybridized carbons (Fsp3) is 0.714. The lowest BCUT2D eigenvalue weighted by atomic mass is 9.92. The Hall–Kier alpha value is -1.88. The van der Waals surface area contributed by atoms with Crippen LogP contribution >= 0.6 is 0 Å². The van der Waals surface area contributed by atoms with Crippen LogP contribution < -0.4 is 0 Å². The quantitative estimate of drug-likeness (QED) is 0.599. The summed E-state index contributed by atoms with van der Waals surface area (Å²) in [6.45, 7) is 8.36. The van der Waals surface area contributed by atoms with Gasteiger partial charge in [0.05, 0.1) is 6.04 Å². The van der Waals surface area contributed by atoms with Crippen LogP contribution in [0.1, 0.15) is 87.6 Å². The molecule has 0 spiro atoms. The number of carbonyl (C=O) groups excluding carboxylic acids is 2. The van der Waals surface area contributed by atoms with Gasteiger partial charge in [-0.15, -0.1) is 0 Å². The van der Waals surface area contributed by atoms with Crippen LogP contribution in [0.4, 0.5) is 0 Å². The molecule has 1 saturated carbocycles. The van der Waals surface area contributed by atoms with Crippen molar-refractivity contribution in [2.24, 2.45) is 5.92 Å². The highest BCUT2D eigenvalue weighted by Crippen LogP contribution is 2.33. The molecule has 2 atom stereocenters. The minimum absolute atomic E-state index is 0.00292. The van der Waals surface area contributed by atoms with Crippen molar-refractivity contribution in [2.45, 2.75) is 90.1 Å². The second-order valence-electron chi connectivity index (χ2n) is 10.5. The number of benzene rings is 1. The standard InChI is InChI=1S/C28H43N3O2/c1-3-4-10-23-13-15-25(16-14-23)27(32)30-20-18-29(19-21-30)26(24-11-5-6-12-24)28(33)31-17-8-7-9-22(31)2/h13-16,22,24,26H,3-12,17-21H2,1-2H3/t22-,26+/m1/s1. The molecule has 0 unspecified atom stereocenters. The number of hydrogen-bond acceptors (Lipinski definition) is 3. The van der Waals surface area contributed by atoms with E-state index in [9.17, 15) is 9.59 Å². The monoisotopic (exact) mass is 453 g/mol. The van der Waals surface area contributed by atoms with Crippen LogP contribution in [0.5, 0.6) is 0 Å². The van der Waals surface area contributed by atoms with E-state index in [1.54, 1.807) is 0 Å². The van der Waals surface area contributed by atoms with Gasteiger partial charge in [0.25, 0.3) is 5.91 Å². The van der Waals surface area contributed by atoms with Crippen molar-refractivity contribution in [1.29, 1.82) is 0 Å². The molecule has 2 amide bonds. The van der Waals surface area contributed by atoms with E-state index in [4.69, 9.17) is 0 Å². The summed E-state index contributed by atoms with van der Waals surface area (Å²) in [5.41, 5.74) is 2.09. The Labute approximate surface area is 200 Å². The van der Waals surface area contributed by atoms with E-state index in [0.29, 0.717) is 31.0 Å². The van der Waals surface area contributed by atoms with E-state index in [0.717, 1.165) is 44.5 Å². The highest BCUT2D eigenvalue weighted by molar-refractivity contribution is 5.94. The number of carbonyl (C=O) groups is 2. The van der Waals surface area contributed by atoms with Gasteiger partial charge in [0.2, 0.25) is 5.91 Å². The minimum Gasteiger partial charge on any atom is -0.339 e. The molecule has 33 heavy (non-hydrogen) atoms. The number of hydrogen-bond donors (Lipinski definition) is 0. The number of amides is 2. The first-order chi connectivity index (χ1) is 16.1. The van der Waals surface area contributed by atoms with Crippen LogP contribution in [0.25, 0.3) is 0 Å². The molecule has 5 nitrogen and oxygen atoms in total. The van der Waals surface area contributed by atoms with Gasteiger partial charge in [-0.05, 0) is 75.5 Å². The maximum atomic E-state index is 13.7. The number of piperazine rings is 1. The lowest BCUT2D eigenvalue weighted by molar-refractivity contribution is -0.143. The number of unbranched alkanes of at least 4 members (excludes halogenated alkanes) is 1. The van der Waals surface area contributed by atoms with E-state index >= 15 is 0 Å². The van der Waals surface area contributed by atoms with E-state index in [2.05, 4.69) is 35.8 Å². The lowest BCUT2D eigenvalue weighted by Crippen LogP contribution is -2.60. The molecule has 0 aromatic heterocycles. The largest absolute Gasteiger partial charge is 0.339 e. The molecule has 4 rings (SSSR count). The van der Waals surface area contributed by atoms with Crippen LogP contribution in [0.2, 0.25) is 0 Å². The second kappa shape index (κ2) is 11.5. The number of likely N-dealkylation sites (tertiary alicyclic amines) is 1. The van der Waals surface area contributed by atoms with Gasteiger partial charge in [0.15, 0.2) is 0 Å². The zero-order valence-corrected chi connectivity index (χ0v) is 20.8. The van der Waals surface area contributed by atoms with Crippen molar-refractivity contribution in [3.8, 4) is 0 Å². The molecular weight excluding hydrogens is 410 g/mol. The Morgan fingerprint density at radius 3 is 2.21 bits per heavy atom. The molecule has 3 fully saturated rings. The van der Waals surface area contributed by atoms with Crippen LogP contribution in [0, 0.1) is 5.92 Å². The van der Waals surface area contributed by atoms with E-state index in [1.165, 1.54) is 50.5 Å². The van der Waals surface area contributed by atoms with Crippen LogP contribution in [0.3, 0.4) is 0 Å². The van der Waals surface area contributed by atoms with Crippen molar-refractivity contribution in [3.05, 3.63) is 35.4 Å². The fourth-order valence-electron chi connectivity index (χ4n) is 6.11. The van der Waals surface area contributed by atoms with E-state index < -0.39 is 0 Å². The molecule has 2 heterocycles. The molecule has 1 aliphatic carbocycles. The predicted octanol–water partition coefficient (Wildman–Crippen LogP) is 4.75. The molecule has 0 bridgehead atoms. The van der Waals surface area contributed by atoms with Crippen molar-refractivity contribution in [1.82, 2.24) is 14.7 Å². The Bertz CT molecular complexity index is 779. The Morgan fingerprint density at radius 1 is 0.909 bits per heavy atom. The summed E-state index contributed by atoms with van der Waals surface area (Å²) in [6, 6.07) is 8.55. The maximum absolute atomic E-state index is 13.7. The normalized spacial score (nSPS) is 23.6. The summed E-state index contributed by atoms with van der Waals surface area (Å²) in [7, 11) is 0. The summed E-state index contributed by atoms with van der Waals surface area (Å²) < 4.78 is 0. The van der Waals surface area contributed by atoms with Crippen LogP contribution in [0.15, 0.2) is 24.3 Å². The molecule has 0 N–H and O–H groups in total. The van der Waals surface area contributed by atoms with Crippen LogP contribution in [-0.4, -0.2) is 71.3 Å². The Kier molecular flexibility index (Phi) is 8.45. The van der Waals surface area contributed by atoms with Gasteiger partial charge in [-0.2, -0.15) is 0 Å². The molecule has 1 aromatic rings. The summed E-state index contributed by atoms with van der Waals surface area (Å²) in [5, 5.41) is 0. The van der Waals surface area contributed by atoms with Gasteiger partial charge in [-0.3, -0.25) is 14.5 Å². The number of nitrogens with zero attached hydrogens (tertiary/aromatic N) is 3. The molecule has 182 valence electrons. The summed E-state index contributed by atoms with van der Waals surface area (Å²) >= 11 is 0. The van der Waals surface area contributed by atoms with Gasteiger partial charge < -0.3 is 9.80 Å². The zero-order valence-electron chi connectivity index (χ0n) is 20.8. The molecule has 5 heteroatoms. The Morgan fingerprint density at radius 2 is 1.58 bits per heavy atom. The van der Waals surface area contributed by atoms with Crippen molar-refractivity contribution >= 4 is 11.8 Å². The van der Waals surface area contributed by atoms with Gasteiger partial charge in [-0.25, -0.2) is 0 Å². The Balaban J connectivity index is 1.38. The smallest absolute Gasteiger partial charge is 0.253 e. The summed E-state index contributed by atoms with van der Waals surface area (Å²) in [4.78, 5) is 33.4. The first kappa shape index (κ1) is 24.3. The van der Waals surface area contributed by atoms with E-state index in [1.807, 2.05) is 17.0 Å². The van der Waals surface area contributed by atoms with Gasteiger partial charge in [0, 0.05) is 44.3 Å². The summed E-state index contributed by atoms with van der Waals surface area (Å²) in [5.74, 6) is 0.964. The van der Waals surface area contributed by atoms with Crippen molar-refractivity contribution < 1.29 is 9.59 Å². The molecule has 2 saturated heterocycles. The molecular formula is C28H43N3O2. The molecule has 2 aliphatic heterocycles.